The van der Waals surface area contributed by atoms with E-state index in [1.807, 2.05) is 67.5 Å². The van der Waals surface area contributed by atoms with E-state index < -0.39 is 17.2 Å². The van der Waals surface area contributed by atoms with Gasteiger partial charge in [-0.2, -0.15) is 0 Å². The van der Waals surface area contributed by atoms with Gasteiger partial charge in [-0.15, -0.1) is 0 Å². The van der Waals surface area contributed by atoms with Crippen LogP contribution in [0.15, 0.2) is 18.1 Å². The molecule has 0 spiro atoms. The standard InChI is InChI=1S/C22H38O7P2/c1-10-25-30(24)28-19(29-31(26-11-2)27-12-3)15-16-13-17(21(4,5)6)20(23)18(14-16)22(7,8)9/h13-15,23-24H,10-12H2,1-9H3/b19-15-. The van der Waals surface area contributed by atoms with E-state index in [4.69, 9.17) is 22.6 Å². The van der Waals surface area contributed by atoms with Crippen molar-refractivity contribution in [1.29, 1.82) is 0 Å². The van der Waals surface area contributed by atoms with Crippen molar-refractivity contribution in [2.75, 3.05) is 19.8 Å². The fourth-order valence-electron chi connectivity index (χ4n) is 2.68. The van der Waals surface area contributed by atoms with E-state index >= 15 is 0 Å². The molecule has 0 aromatic heterocycles. The van der Waals surface area contributed by atoms with Crippen LogP contribution < -0.4 is 0 Å². The van der Waals surface area contributed by atoms with Crippen LogP contribution in [-0.2, 0) is 33.4 Å². The van der Waals surface area contributed by atoms with Crippen LogP contribution in [0, 0.1) is 0 Å². The lowest BCUT2D eigenvalue weighted by molar-refractivity contribution is 0.137. The van der Waals surface area contributed by atoms with Gasteiger partial charge in [-0.3, -0.25) is 0 Å². The predicted octanol–water partition coefficient (Wildman–Crippen LogP) is 6.87. The largest absolute Gasteiger partial charge is 0.507 e. The Morgan fingerprint density at radius 3 is 1.68 bits per heavy atom. The Morgan fingerprint density at radius 2 is 1.29 bits per heavy atom. The minimum Gasteiger partial charge on any atom is -0.507 e. The molecule has 9 heteroatoms. The summed E-state index contributed by atoms with van der Waals surface area (Å²) in [7, 11) is -3.88. The van der Waals surface area contributed by atoms with E-state index in [0.29, 0.717) is 19.8 Å². The Balaban J connectivity index is 3.51. The van der Waals surface area contributed by atoms with Gasteiger partial charge in [0.15, 0.2) is 0 Å². The SMILES string of the molecule is CCOP(O)O/C(=C/c1cc(C(C)(C)C)c(O)c(C(C)(C)C)c1)OP(OCC)OCC. The van der Waals surface area contributed by atoms with Crippen molar-refractivity contribution >= 4 is 23.3 Å². The van der Waals surface area contributed by atoms with Crippen molar-refractivity contribution in [2.24, 2.45) is 0 Å². The molecular formula is C22H38O7P2. The van der Waals surface area contributed by atoms with Gasteiger partial charge in [0.1, 0.15) is 5.75 Å². The first kappa shape index (κ1) is 28.1. The molecule has 0 saturated carbocycles. The zero-order chi connectivity index (χ0) is 23.8. The van der Waals surface area contributed by atoms with Crippen molar-refractivity contribution in [3.8, 4) is 5.75 Å². The molecule has 1 atom stereocenters. The van der Waals surface area contributed by atoms with Crippen LogP contribution in [0.1, 0.15) is 79.0 Å². The number of hydrogen-bond donors (Lipinski definition) is 2. The van der Waals surface area contributed by atoms with E-state index in [1.54, 1.807) is 13.0 Å². The van der Waals surface area contributed by atoms with E-state index in [9.17, 15) is 10.00 Å². The Hall–Kier alpha value is -0.940. The molecule has 178 valence electrons. The van der Waals surface area contributed by atoms with Gasteiger partial charge in [0.05, 0.1) is 19.8 Å². The molecule has 0 aliphatic rings. The van der Waals surface area contributed by atoms with E-state index in [-0.39, 0.29) is 22.5 Å². The van der Waals surface area contributed by atoms with Crippen LogP contribution in [0.5, 0.6) is 5.75 Å². The first-order valence-electron chi connectivity index (χ1n) is 10.5. The van der Waals surface area contributed by atoms with Gasteiger partial charge >= 0.3 is 17.2 Å². The second kappa shape index (κ2) is 12.3. The maximum Gasteiger partial charge on any atom is 0.399 e. The lowest BCUT2D eigenvalue weighted by Crippen LogP contribution is -2.17. The summed E-state index contributed by atoms with van der Waals surface area (Å²) in [5.41, 5.74) is 1.80. The van der Waals surface area contributed by atoms with Crippen molar-refractivity contribution in [1.82, 2.24) is 0 Å². The Bertz CT molecular complexity index is 683. The highest BCUT2D eigenvalue weighted by Gasteiger charge is 2.27. The Morgan fingerprint density at radius 1 is 0.839 bits per heavy atom. The third kappa shape index (κ3) is 9.21. The second-order valence-electron chi connectivity index (χ2n) is 8.83. The molecule has 0 saturated heterocycles. The molecule has 1 unspecified atom stereocenters. The first-order valence-corrected chi connectivity index (χ1v) is 12.7. The van der Waals surface area contributed by atoms with Crippen LogP contribution >= 0.6 is 17.2 Å². The molecule has 0 amide bonds. The highest BCUT2D eigenvalue weighted by atomic mass is 31.2. The number of benzene rings is 1. The molecule has 0 radical (unpaired) electrons. The van der Waals surface area contributed by atoms with E-state index in [1.165, 1.54) is 0 Å². The maximum absolute atomic E-state index is 10.9. The number of phenols is 1. The Labute approximate surface area is 189 Å². The van der Waals surface area contributed by atoms with Gasteiger partial charge < -0.3 is 32.6 Å². The second-order valence-corrected chi connectivity index (χ2v) is 10.9. The lowest BCUT2D eigenvalue weighted by atomic mass is 9.78. The van der Waals surface area contributed by atoms with Crippen LogP contribution in [0.25, 0.3) is 6.08 Å². The zero-order valence-corrected chi connectivity index (χ0v) is 22.0. The smallest absolute Gasteiger partial charge is 0.399 e. The van der Waals surface area contributed by atoms with Gasteiger partial charge in [-0.25, -0.2) is 0 Å². The third-order valence-electron chi connectivity index (χ3n) is 4.07. The van der Waals surface area contributed by atoms with Crippen molar-refractivity contribution < 1.29 is 32.6 Å². The van der Waals surface area contributed by atoms with Gasteiger partial charge in [0.25, 0.3) is 5.95 Å². The monoisotopic (exact) mass is 476 g/mol. The topological polar surface area (TPSA) is 86.6 Å². The van der Waals surface area contributed by atoms with Crippen LogP contribution in [0.3, 0.4) is 0 Å². The number of rotatable bonds is 11. The fraction of sp³-hybridized carbons (Fsp3) is 0.636. The molecule has 7 nitrogen and oxygen atoms in total. The molecule has 1 rings (SSSR count). The highest BCUT2D eigenvalue weighted by molar-refractivity contribution is 7.42. The summed E-state index contributed by atoms with van der Waals surface area (Å²) in [6.45, 7) is 18.8. The summed E-state index contributed by atoms with van der Waals surface area (Å²) in [5, 5.41) is 10.9. The van der Waals surface area contributed by atoms with Crippen LogP contribution in [-0.4, -0.2) is 29.8 Å². The van der Waals surface area contributed by atoms with Crippen molar-refractivity contribution in [3.05, 3.63) is 34.8 Å². The quantitative estimate of drug-likeness (QED) is 0.266. The highest BCUT2D eigenvalue weighted by Crippen LogP contribution is 2.47. The summed E-state index contributed by atoms with van der Waals surface area (Å²) < 4.78 is 27.5. The minimum atomic E-state index is -2.18. The summed E-state index contributed by atoms with van der Waals surface area (Å²) in [5.74, 6) is 0.311. The third-order valence-corrected chi connectivity index (χ3v) is 6.16. The summed E-state index contributed by atoms with van der Waals surface area (Å²) in [6.07, 6.45) is 1.65. The predicted molar refractivity (Wildman–Crippen MR) is 127 cm³/mol. The van der Waals surface area contributed by atoms with Gasteiger partial charge in [0.2, 0.25) is 0 Å². The molecule has 0 aliphatic heterocycles. The van der Waals surface area contributed by atoms with Crippen molar-refractivity contribution in [3.63, 3.8) is 0 Å². The summed E-state index contributed by atoms with van der Waals surface area (Å²) >= 11 is 0. The molecule has 1 aromatic rings. The number of phenolic OH excluding ortho intramolecular Hbond substituents is 1. The molecule has 0 aliphatic carbocycles. The molecule has 1 aromatic carbocycles. The molecule has 0 bridgehead atoms. The normalized spacial score (nSPS) is 14.1. The minimum absolute atomic E-state index is 0.0282. The number of hydrogen-bond acceptors (Lipinski definition) is 7. The van der Waals surface area contributed by atoms with Crippen LogP contribution in [0.4, 0.5) is 0 Å². The van der Waals surface area contributed by atoms with Gasteiger partial charge in [-0.05, 0) is 49.3 Å². The van der Waals surface area contributed by atoms with Gasteiger partial charge in [0, 0.05) is 17.2 Å². The summed E-state index contributed by atoms with van der Waals surface area (Å²) in [6, 6.07) is 3.78. The van der Waals surface area contributed by atoms with E-state index in [0.717, 1.165) is 16.7 Å². The van der Waals surface area contributed by atoms with Crippen molar-refractivity contribution in [2.45, 2.75) is 73.1 Å². The molecule has 2 N–H and O–H groups in total. The fourth-order valence-corrected chi connectivity index (χ4v) is 4.09. The number of aromatic hydroxyl groups is 1. The zero-order valence-electron chi connectivity index (χ0n) is 20.2. The van der Waals surface area contributed by atoms with Crippen LogP contribution in [0.2, 0.25) is 0 Å². The van der Waals surface area contributed by atoms with Gasteiger partial charge in [-0.1, -0.05) is 41.5 Å². The first-order chi connectivity index (χ1) is 14.3. The lowest BCUT2D eigenvalue weighted by Gasteiger charge is -2.28. The van der Waals surface area contributed by atoms with E-state index in [2.05, 4.69) is 0 Å². The molecule has 0 heterocycles. The average molecular weight is 476 g/mol. The average Bonchev–Trinajstić information content (AvgIpc) is 2.61. The molecule has 31 heavy (non-hydrogen) atoms. The maximum atomic E-state index is 10.9. The molecular weight excluding hydrogens is 438 g/mol. The molecule has 0 fully saturated rings. The summed E-state index contributed by atoms with van der Waals surface area (Å²) in [4.78, 5) is 10.1. The Kier molecular flexibility index (Phi) is 11.2.